The van der Waals surface area contributed by atoms with Crippen LogP contribution in [0.25, 0.3) is 11.3 Å². The van der Waals surface area contributed by atoms with Gasteiger partial charge in [0.2, 0.25) is 0 Å². The smallest absolute Gasteiger partial charge is 0.144 e. The van der Waals surface area contributed by atoms with Crippen LogP contribution in [0.4, 0.5) is 11.6 Å². The van der Waals surface area contributed by atoms with Crippen LogP contribution in [0.3, 0.4) is 0 Å². The maximum atomic E-state index is 5.76. The first kappa shape index (κ1) is 16.3. The fourth-order valence-corrected chi connectivity index (χ4v) is 3.03. The predicted octanol–water partition coefficient (Wildman–Crippen LogP) is 2.67. The van der Waals surface area contributed by atoms with Crippen molar-refractivity contribution >= 4 is 11.6 Å². The molecule has 3 aromatic rings. The lowest BCUT2D eigenvalue weighted by Gasteiger charge is -2.16. The van der Waals surface area contributed by atoms with Gasteiger partial charge < -0.3 is 15.8 Å². The van der Waals surface area contributed by atoms with Crippen molar-refractivity contribution in [2.24, 2.45) is 0 Å². The van der Waals surface area contributed by atoms with E-state index < -0.39 is 0 Å². The zero-order chi connectivity index (χ0) is 17.9. The second-order valence-corrected chi connectivity index (χ2v) is 6.32. The van der Waals surface area contributed by atoms with Crippen LogP contribution in [0.5, 0.6) is 5.75 Å². The van der Waals surface area contributed by atoms with Crippen molar-refractivity contribution in [1.29, 1.82) is 0 Å². The maximum Gasteiger partial charge on any atom is 0.144 e. The SMILES string of the molecule is CC(CNc1cc(-c2ccc(N)nc2)ncn1)c1ccnc2c1OCC2. The van der Waals surface area contributed by atoms with Gasteiger partial charge in [0, 0.05) is 48.5 Å². The van der Waals surface area contributed by atoms with E-state index in [0.717, 1.165) is 41.5 Å². The first-order chi connectivity index (χ1) is 12.7. The second kappa shape index (κ2) is 6.95. The molecule has 0 bridgehead atoms. The zero-order valence-corrected chi connectivity index (χ0v) is 14.5. The molecule has 26 heavy (non-hydrogen) atoms. The molecular formula is C19H20N6O. The summed E-state index contributed by atoms with van der Waals surface area (Å²) in [7, 11) is 0. The average Bonchev–Trinajstić information content (AvgIpc) is 3.16. The van der Waals surface area contributed by atoms with Gasteiger partial charge >= 0.3 is 0 Å². The van der Waals surface area contributed by atoms with E-state index in [1.165, 1.54) is 5.56 Å². The van der Waals surface area contributed by atoms with E-state index >= 15 is 0 Å². The fourth-order valence-electron chi connectivity index (χ4n) is 3.03. The molecule has 3 N–H and O–H groups in total. The molecule has 0 saturated heterocycles. The first-order valence-corrected chi connectivity index (χ1v) is 8.59. The molecule has 0 fully saturated rings. The molecule has 0 saturated carbocycles. The molecule has 3 aromatic heterocycles. The van der Waals surface area contributed by atoms with Gasteiger partial charge in [-0.3, -0.25) is 4.98 Å². The summed E-state index contributed by atoms with van der Waals surface area (Å²) in [6, 6.07) is 7.60. The highest BCUT2D eigenvalue weighted by molar-refractivity contribution is 5.62. The Kier molecular flexibility index (Phi) is 4.35. The van der Waals surface area contributed by atoms with E-state index in [2.05, 4.69) is 32.2 Å². The van der Waals surface area contributed by atoms with E-state index in [0.29, 0.717) is 12.4 Å². The average molecular weight is 348 g/mol. The van der Waals surface area contributed by atoms with Crippen LogP contribution in [0, 0.1) is 0 Å². The predicted molar refractivity (Wildman–Crippen MR) is 100 cm³/mol. The van der Waals surface area contributed by atoms with Crippen LogP contribution in [-0.2, 0) is 6.42 Å². The molecule has 1 aliphatic rings. The Morgan fingerprint density at radius 2 is 2.12 bits per heavy atom. The van der Waals surface area contributed by atoms with Crippen molar-refractivity contribution in [1.82, 2.24) is 19.9 Å². The minimum absolute atomic E-state index is 0.265. The van der Waals surface area contributed by atoms with Crippen LogP contribution in [0.15, 0.2) is 43.0 Å². The number of pyridine rings is 2. The van der Waals surface area contributed by atoms with Gasteiger partial charge in [-0.2, -0.15) is 0 Å². The minimum Gasteiger partial charge on any atom is -0.491 e. The standard InChI is InChI=1S/C19H20N6O/c1-12(14-4-6-21-15-5-7-26-19(14)15)9-23-18-8-16(24-11-25-18)13-2-3-17(20)22-10-13/h2-4,6,8,10-12H,5,7,9H2,1H3,(H2,20,22)(H,23,24,25). The number of aromatic nitrogens is 4. The molecular weight excluding hydrogens is 328 g/mol. The Balaban J connectivity index is 1.47. The number of nitrogen functional groups attached to an aromatic ring is 1. The Bertz CT molecular complexity index is 912. The third-order valence-electron chi connectivity index (χ3n) is 4.46. The molecule has 0 spiro atoms. The molecule has 7 nitrogen and oxygen atoms in total. The Morgan fingerprint density at radius 3 is 2.96 bits per heavy atom. The van der Waals surface area contributed by atoms with Gasteiger partial charge in [0.05, 0.1) is 18.0 Å². The van der Waals surface area contributed by atoms with E-state index in [-0.39, 0.29) is 5.92 Å². The van der Waals surface area contributed by atoms with Crippen molar-refractivity contribution in [2.75, 3.05) is 24.2 Å². The van der Waals surface area contributed by atoms with Gasteiger partial charge in [0.15, 0.2) is 0 Å². The third kappa shape index (κ3) is 3.28. The number of fused-ring (bicyclic) bond motifs is 1. The lowest BCUT2D eigenvalue weighted by atomic mass is 10.00. The van der Waals surface area contributed by atoms with Gasteiger partial charge in [-0.25, -0.2) is 15.0 Å². The molecule has 0 amide bonds. The number of ether oxygens (including phenoxy) is 1. The topological polar surface area (TPSA) is 98.8 Å². The van der Waals surface area contributed by atoms with Gasteiger partial charge in [-0.15, -0.1) is 0 Å². The van der Waals surface area contributed by atoms with Crippen LogP contribution < -0.4 is 15.8 Å². The largest absolute Gasteiger partial charge is 0.491 e. The van der Waals surface area contributed by atoms with E-state index in [1.54, 1.807) is 18.6 Å². The summed E-state index contributed by atoms with van der Waals surface area (Å²) in [6.07, 6.45) is 6.00. The monoisotopic (exact) mass is 348 g/mol. The fraction of sp³-hybridized carbons (Fsp3) is 0.263. The highest BCUT2D eigenvalue weighted by atomic mass is 16.5. The molecule has 1 unspecified atom stereocenters. The summed E-state index contributed by atoms with van der Waals surface area (Å²) in [6.45, 7) is 3.61. The lowest BCUT2D eigenvalue weighted by molar-refractivity contribution is 0.352. The number of hydrogen-bond acceptors (Lipinski definition) is 7. The third-order valence-corrected chi connectivity index (χ3v) is 4.46. The molecule has 4 rings (SSSR count). The van der Waals surface area contributed by atoms with Crippen molar-refractivity contribution in [3.8, 4) is 17.0 Å². The molecule has 7 heteroatoms. The molecule has 1 atom stereocenters. The summed E-state index contributed by atoms with van der Waals surface area (Å²) in [5, 5.41) is 3.38. The first-order valence-electron chi connectivity index (χ1n) is 8.59. The number of hydrogen-bond donors (Lipinski definition) is 2. The summed E-state index contributed by atoms with van der Waals surface area (Å²) < 4.78 is 5.76. The van der Waals surface area contributed by atoms with E-state index in [9.17, 15) is 0 Å². The van der Waals surface area contributed by atoms with Crippen LogP contribution in [0.2, 0.25) is 0 Å². The Hall–Kier alpha value is -3.22. The normalized spacial score (nSPS) is 13.7. The summed E-state index contributed by atoms with van der Waals surface area (Å²) in [5.41, 5.74) is 9.57. The molecule has 4 heterocycles. The van der Waals surface area contributed by atoms with E-state index in [1.807, 2.05) is 24.4 Å². The summed E-state index contributed by atoms with van der Waals surface area (Å²) >= 11 is 0. The van der Waals surface area contributed by atoms with Crippen molar-refractivity contribution in [2.45, 2.75) is 19.3 Å². The number of nitrogens with one attached hydrogen (secondary N) is 1. The molecule has 0 aromatic carbocycles. The summed E-state index contributed by atoms with van der Waals surface area (Å²) in [5.74, 6) is 2.46. The van der Waals surface area contributed by atoms with Gasteiger partial charge in [0.25, 0.3) is 0 Å². The highest BCUT2D eigenvalue weighted by Crippen LogP contribution is 2.32. The maximum absolute atomic E-state index is 5.76. The van der Waals surface area contributed by atoms with Crippen LogP contribution in [0.1, 0.15) is 24.1 Å². The second-order valence-electron chi connectivity index (χ2n) is 6.32. The van der Waals surface area contributed by atoms with Crippen molar-refractivity contribution < 1.29 is 4.74 Å². The molecule has 0 aliphatic carbocycles. The quantitative estimate of drug-likeness (QED) is 0.731. The minimum atomic E-state index is 0.265. The van der Waals surface area contributed by atoms with E-state index in [4.69, 9.17) is 10.5 Å². The van der Waals surface area contributed by atoms with Gasteiger partial charge in [-0.1, -0.05) is 6.92 Å². The Morgan fingerprint density at radius 1 is 1.19 bits per heavy atom. The molecule has 132 valence electrons. The molecule has 1 aliphatic heterocycles. The summed E-state index contributed by atoms with van der Waals surface area (Å²) in [4.78, 5) is 17.1. The number of nitrogens with two attached hydrogens (primary N) is 1. The van der Waals surface area contributed by atoms with Crippen LogP contribution in [-0.4, -0.2) is 33.1 Å². The van der Waals surface area contributed by atoms with Gasteiger partial charge in [-0.05, 0) is 18.2 Å². The highest BCUT2D eigenvalue weighted by Gasteiger charge is 2.20. The van der Waals surface area contributed by atoms with Crippen LogP contribution >= 0.6 is 0 Å². The Labute approximate surface area is 151 Å². The van der Waals surface area contributed by atoms with Gasteiger partial charge in [0.1, 0.15) is 23.7 Å². The lowest BCUT2D eigenvalue weighted by Crippen LogP contribution is -2.12. The number of rotatable bonds is 5. The zero-order valence-electron chi connectivity index (χ0n) is 14.5. The van der Waals surface area contributed by atoms with Crippen molar-refractivity contribution in [3.63, 3.8) is 0 Å². The van der Waals surface area contributed by atoms with Crippen molar-refractivity contribution in [3.05, 3.63) is 54.2 Å². The number of nitrogens with zero attached hydrogens (tertiary/aromatic N) is 4. The number of anilines is 2. The molecule has 0 radical (unpaired) electrons.